The highest BCUT2D eigenvalue weighted by atomic mass is 19.1. The lowest BCUT2D eigenvalue weighted by molar-refractivity contribution is 0.244. The number of methoxy groups -OCH3 is 1. The molecule has 7 heteroatoms. The monoisotopic (exact) mass is 422 g/mol. The number of amides is 2. The lowest BCUT2D eigenvalue weighted by atomic mass is 10.1. The summed E-state index contributed by atoms with van der Waals surface area (Å²) in [6.45, 7) is 3.05. The number of anilines is 1. The van der Waals surface area contributed by atoms with E-state index in [1.807, 2.05) is 28.8 Å². The summed E-state index contributed by atoms with van der Waals surface area (Å²) in [4.78, 5) is 19.2. The van der Waals surface area contributed by atoms with Crippen molar-refractivity contribution < 1.29 is 13.9 Å². The Morgan fingerprint density at radius 2 is 2.00 bits per heavy atom. The van der Waals surface area contributed by atoms with Gasteiger partial charge in [-0.2, -0.15) is 0 Å². The number of hydrogen-bond donors (Lipinski definition) is 1. The van der Waals surface area contributed by atoms with Gasteiger partial charge in [-0.15, -0.1) is 0 Å². The van der Waals surface area contributed by atoms with E-state index < -0.39 is 5.82 Å². The zero-order valence-corrected chi connectivity index (χ0v) is 17.9. The number of imidazole rings is 1. The van der Waals surface area contributed by atoms with Gasteiger partial charge in [0.2, 0.25) is 0 Å². The number of benzene rings is 2. The predicted molar refractivity (Wildman–Crippen MR) is 120 cm³/mol. The van der Waals surface area contributed by atoms with Gasteiger partial charge in [0.15, 0.2) is 0 Å². The molecule has 3 aromatic rings. The molecule has 2 amide bonds. The molecule has 2 aromatic carbocycles. The number of carbonyl (C=O) groups is 1. The van der Waals surface area contributed by atoms with Crippen LogP contribution in [0.1, 0.15) is 32.6 Å². The second kappa shape index (κ2) is 9.20. The normalized spacial score (nSPS) is 12.3. The third-order valence-electron chi connectivity index (χ3n) is 5.58. The molecule has 31 heavy (non-hydrogen) atoms. The van der Waals surface area contributed by atoms with Gasteiger partial charge in [0, 0.05) is 18.2 Å². The molecule has 162 valence electrons. The summed E-state index contributed by atoms with van der Waals surface area (Å²) in [7, 11) is 1.50. The number of nitrogens with zero attached hydrogens (tertiary/aromatic N) is 3. The van der Waals surface area contributed by atoms with Crippen LogP contribution in [0.5, 0.6) is 5.75 Å². The van der Waals surface area contributed by atoms with Crippen LogP contribution in [0.25, 0.3) is 22.6 Å². The van der Waals surface area contributed by atoms with Crippen molar-refractivity contribution in [2.45, 2.75) is 39.3 Å². The molecular formula is C24H27FN4O2. The van der Waals surface area contributed by atoms with E-state index in [0.717, 1.165) is 42.6 Å². The Balaban J connectivity index is 1.65. The summed E-state index contributed by atoms with van der Waals surface area (Å²) < 4.78 is 21.8. The van der Waals surface area contributed by atoms with E-state index >= 15 is 0 Å². The summed E-state index contributed by atoms with van der Waals surface area (Å²) in [6, 6.07) is 12.3. The summed E-state index contributed by atoms with van der Waals surface area (Å²) in [5.41, 5.74) is 2.93. The topological polar surface area (TPSA) is 59.4 Å². The molecule has 2 heterocycles. The number of unbranched alkanes of at least 4 members (excludes halogenated alkanes) is 3. The molecule has 4 rings (SSSR count). The average Bonchev–Trinajstić information content (AvgIpc) is 3.22. The molecule has 0 unspecified atom stereocenters. The van der Waals surface area contributed by atoms with E-state index in [0.29, 0.717) is 23.7 Å². The number of fused-ring (bicyclic) bond motifs is 3. The fourth-order valence-corrected chi connectivity index (χ4v) is 3.91. The van der Waals surface area contributed by atoms with Gasteiger partial charge < -0.3 is 14.6 Å². The predicted octanol–water partition coefficient (Wildman–Crippen LogP) is 5.43. The molecule has 1 aliphatic heterocycles. The van der Waals surface area contributed by atoms with Crippen molar-refractivity contribution in [2.24, 2.45) is 0 Å². The van der Waals surface area contributed by atoms with Crippen LogP contribution >= 0.6 is 0 Å². The Morgan fingerprint density at radius 1 is 1.16 bits per heavy atom. The summed E-state index contributed by atoms with van der Waals surface area (Å²) >= 11 is 0. The molecule has 0 aliphatic carbocycles. The Kier molecular flexibility index (Phi) is 6.21. The molecule has 1 N–H and O–H groups in total. The third kappa shape index (κ3) is 4.13. The van der Waals surface area contributed by atoms with Gasteiger partial charge in [0.25, 0.3) is 0 Å². The van der Waals surface area contributed by atoms with Gasteiger partial charge >= 0.3 is 6.03 Å². The third-order valence-corrected chi connectivity index (χ3v) is 5.58. The van der Waals surface area contributed by atoms with Crippen LogP contribution in [0.2, 0.25) is 0 Å². The smallest absolute Gasteiger partial charge is 0.323 e. The number of ether oxygens (including phenoxy) is 1. The Hall–Kier alpha value is -3.35. The van der Waals surface area contributed by atoms with E-state index in [1.165, 1.54) is 13.2 Å². The highest BCUT2D eigenvalue weighted by Crippen LogP contribution is 2.39. The van der Waals surface area contributed by atoms with Gasteiger partial charge in [0.1, 0.15) is 24.1 Å². The highest BCUT2D eigenvalue weighted by molar-refractivity contribution is 5.97. The van der Waals surface area contributed by atoms with E-state index in [2.05, 4.69) is 17.2 Å². The molecule has 0 fully saturated rings. The zero-order chi connectivity index (χ0) is 21.8. The number of halogens is 1. The fraction of sp³-hybridized carbons (Fsp3) is 0.333. The fourth-order valence-electron chi connectivity index (χ4n) is 3.91. The summed E-state index contributed by atoms with van der Waals surface area (Å²) in [5, 5.41) is 3.02. The first-order chi connectivity index (χ1) is 15.1. The molecule has 0 atom stereocenters. The zero-order valence-electron chi connectivity index (χ0n) is 17.9. The quantitative estimate of drug-likeness (QED) is 0.516. The van der Waals surface area contributed by atoms with Crippen molar-refractivity contribution in [1.82, 2.24) is 14.9 Å². The molecule has 1 aliphatic rings. The van der Waals surface area contributed by atoms with Crippen molar-refractivity contribution in [2.75, 3.05) is 18.6 Å². The minimum Gasteiger partial charge on any atom is -0.497 e. The lowest BCUT2D eigenvalue weighted by Crippen LogP contribution is -2.43. The molecule has 0 saturated carbocycles. The Morgan fingerprint density at radius 3 is 2.77 bits per heavy atom. The van der Waals surface area contributed by atoms with E-state index in [9.17, 15) is 9.18 Å². The first-order valence-electron chi connectivity index (χ1n) is 10.7. The van der Waals surface area contributed by atoms with Crippen molar-refractivity contribution >= 4 is 11.7 Å². The first-order valence-corrected chi connectivity index (χ1v) is 10.7. The number of aromatic nitrogens is 2. The standard InChI is InChI=1S/C24H27FN4O2/c1-3-4-5-8-13-26-24(30)29-16-28-22(19-9-6-7-10-21(19)29)15-27-23(28)18-12-11-17(31-2)14-20(18)25/h6-7,9-12,14-15H,3-5,8,13,16H2,1-2H3,(H,26,30). The maximum absolute atomic E-state index is 14.8. The number of para-hydroxylation sites is 1. The van der Waals surface area contributed by atoms with Gasteiger partial charge in [-0.3, -0.25) is 4.90 Å². The van der Waals surface area contributed by atoms with Crippen LogP contribution in [0.4, 0.5) is 14.9 Å². The highest BCUT2D eigenvalue weighted by Gasteiger charge is 2.29. The number of urea groups is 1. The Bertz CT molecular complexity index is 1080. The van der Waals surface area contributed by atoms with Gasteiger partial charge in [-0.25, -0.2) is 14.2 Å². The van der Waals surface area contributed by atoms with Gasteiger partial charge in [0.05, 0.1) is 30.3 Å². The number of rotatable bonds is 7. The van der Waals surface area contributed by atoms with Gasteiger partial charge in [-0.1, -0.05) is 44.4 Å². The van der Waals surface area contributed by atoms with Crippen LogP contribution in [0, 0.1) is 5.82 Å². The molecule has 0 spiro atoms. The maximum atomic E-state index is 14.8. The second-order valence-electron chi connectivity index (χ2n) is 7.62. The minimum atomic E-state index is -0.418. The van der Waals surface area contributed by atoms with Crippen molar-refractivity contribution in [3.63, 3.8) is 0 Å². The largest absolute Gasteiger partial charge is 0.497 e. The molecule has 0 radical (unpaired) electrons. The van der Waals surface area contributed by atoms with Crippen LogP contribution in [-0.4, -0.2) is 29.2 Å². The van der Waals surface area contributed by atoms with Crippen LogP contribution in [0.15, 0.2) is 48.7 Å². The Labute approximate surface area is 181 Å². The molecular weight excluding hydrogens is 395 g/mol. The average molecular weight is 423 g/mol. The second-order valence-corrected chi connectivity index (χ2v) is 7.62. The molecule has 1 aromatic heterocycles. The summed E-state index contributed by atoms with van der Waals surface area (Å²) in [6.07, 6.45) is 6.10. The van der Waals surface area contributed by atoms with E-state index in [4.69, 9.17) is 4.74 Å². The van der Waals surface area contributed by atoms with E-state index in [1.54, 1.807) is 23.2 Å². The lowest BCUT2D eigenvalue weighted by Gasteiger charge is -2.31. The molecule has 0 bridgehead atoms. The van der Waals surface area contributed by atoms with E-state index in [-0.39, 0.29) is 12.7 Å². The number of nitrogens with one attached hydrogen (secondary N) is 1. The van der Waals surface area contributed by atoms with Crippen LogP contribution < -0.4 is 15.0 Å². The SMILES string of the molecule is CCCCCCNC(=O)N1Cn2c(cnc2-c2ccc(OC)cc2F)-c2ccccc21. The minimum absolute atomic E-state index is 0.163. The summed E-state index contributed by atoms with van der Waals surface area (Å²) in [5.74, 6) is 0.505. The van der Waals surface area contributed by atoms with Crippen LogP contribution in [0.3, 0.4) is 0 Å². The molecule has 6 nitrogen and oxygen atoms in total. The van der Waals surface area contributed by atoms with Gasteiger partial charge in [-0.05, 0) is 24.6 Å². The number of carbonyl (C=O) groups excluding carboxylic acids is 1. The van der Waals surface area contributed by atoms with Crippen molar-refractivity contribution in [1.29, 1.82) is 0 Å². The van der Waals surface area contributed by atoms with Crippen molar-refractivity contribution in [3.8, 4) is 28.4 Å². The number of hydrogen-bond acceptors (Lipinski definition) is 3. The first kappa shape index (κ1) is 20.9. The maximum Gasteiger partial charge on any atom is 0.323 e. The van der Waals surface area contributed by atoms with Crippen LogP contribution in [-0.2, 0) is 6.67 Å². The van der Waals surface area contributed by atoms with Crippen molar-refractivity contribution in [3.05, 3.63) is 54.5 Å². The molecule has 0 saturated heterocycles.